The van der Waals surface area contributed by atoms with E-state index in [1.54, 1.807) is 30.3 Å². The molecule has 0 spiro atoms. The number of hydrogen-bond donors (Lipinski definition) is 1. The largest absolute Gasteiger partial charge is 0.482 e. The van der Waals surface area contributed by atoms with Gasteiger partial charge in [0.25, 0.3) is 5.91 Å². The van der Waals surface area contributed by atoms with Gasteiger partial charge in [0.15, 0.2) is 6.61 Å². The number of rotatable bonds is 10. The molecule has 8 heteroatoms. The molecular weight excluding hydrogens is 535 g/mol. The molecule has 1 N–H and O–H groups in total. The molecule has 0 radical (unpaired) electrons. The molecule has 0 aliphatic heterocycles. The number of amides is 2. The van der Waals surface area contributed by atoms with E-state index in [1.807, 2.05) is 44.2 Å². The summed E-state index contributed by atoms with van der Waals surface area (Å²) in [4.78, 5) is 28.2. The van der Waals surface area contributed by atoms with Crippen LogP contribution in [0.1, 0.15) is 25.0 Å². The third-order valence-electron chi connectivity index (χ3n) is 5.21. The summed E-state index contributed by atoms with van der Waals surface area (Å²) in [7, 11) is 0. The van der Waals surface area contributed by atoms with Crippen LogP contribution in [0, 0.1) is 5.82 Å². The first-order chi connectivity index (χ1) is 16.7. The first-order valence-corrected chi connectivity index (χ1v) is 12.4. The lowest BCUT2D eigenvalue weighted by molar-refractivity contribution is -0.143. The van der Waals surface area contributed by atoms with Crippen molar-refractivity contribution in [1.29, 1.82) is 0 Å². The molecule has 0 bridgehead atoms. The first kappa shape index (κ1) is 26.7. The van der Waals surface area contributed by atoms with Gasteiger partial charge in [-0.2, -0.15) is 0 Å². The van der Waals surface area contributed by atoms with Crippen LogP contribution in [0.3, 0.4) is 0 Å². The molecule has 3 aromatic rings. The molecule has 0 aliphatic rings. The molecule has 184 valence electrons. The molecule has 1 unspecified atom stereocenters. The average molecular weight is 562 g/mol. The summed E-state index contributed by atoms with van der Waals surface area (Å²) >= 11 is 9.58. The third-order valence-corrected chi connectivity index (χ3v) is 6.00. The molecule has 35 heavy (non-hydrogen) atoms. The summed E-state index contributed by atoms with van der Waals surface area (Å²) in [5, 5.41) is 3.28. The Morgan fingerprint density at radius 2 is 1.71 bits per heavy atom. The van der Waals surface area contributed by atoms with Crippen LogP contribution in [0.4, 0.5) is 4.39 Å². The van der Waals surface area contributed by atoms with Crippen LogP contribution in [0.2, 0.25) is 5.02 Å². The van der Waals surface area contributed by atoms with E-state index in [2.05, 4.69) is 21.2 Å². The fraction of sp³-hybridized carbons (Fsp3) is 0.259. The Morgan fingerprint density at radius 1 is 1.03 bits per heavy atom. The zero-order chi connectivity index (χ0) is 25.4. The van der Waals surface area contributed by atoms with E-state index in [0.29, 0.717) is 22.8 Å². The summed E-state index contributed by atoms with van der Waals surface area (Å²) in [5.74, 6) is -0.691. The van der Waals surface area contributed by atoms with E-state index < -0.39 is 11.9 Å². The summed E-state index contributed by atoms with van der Waals surface area (Å²) in [6.07, 6.45) is 0.311. The third kappa shape index (κ3) is 8.08. The quantitative estimate of drug-likeness (QED) is 0.341. The van der Waals surface area contributed by atoms with Crippen LogP contribution in [-0.2, 0) is 22.6 Å². The molecule has 0 heterocycles. The van der Waals surface area contributed by atoms with E-state index in [1.165, 1.54) is 17.0 Å². The SMILES string of the molecule is CC(C)NC(=O)C(Cc1ccccc1)N(Cc1ccc(F)cc1)C(=O)COc1ccc(Br)cc1Cl. The summed E-state index contributed by atoms with van der Waals surface area (Å²) in [6.45, 7) is 3.52. The van der Waals surface area contributed by atoms with E-state index in [-0.39, 0.29) is 30.9 Å². The predicted molar refractivity (Wildman–Crippen MR) is 139 cm³/mol. The number of ether oxygens (including phenoxy) is 1. The van der Waals surface area contributed by atoms with E-state index in [0.717, 1.165) is 10.0 Å². The van der Waals surface area contributed by atoms with Gasteiger partial charge in [-0.25, -0.2) is 4.39 Å². The monoisotopic (exact) mass is 560 g/mol. The number of nitrogens with zero attached hydrogens (tertiary/aromatic N) is 1. The van der Waals surface area contributed by atoms with Crippen molar-refractivity contribution in [2.45, 2.75) is 38.9 Å². The lowest BCUT2D eigenvalue weighted by Crippen LogP contribution is -2.52. The Bertz CT molecular complexity index is 1140. The maximum atomic E-state index is 13.5. The summed E-state index contributed by atoms with van der Waals surface area (Å²) in [5.41, 5.74) is 1.60. The number of halogens is 3. The molecule has 2 amide bonds. The number of hydrogen-bond acceptors (Lipinski definition) is 3. The van der Waals surface area contributed by atoms with Crippen molar-refractivity contribution in [2.24, 2.45) is 0 Å². The van der Waals surface area contributed by atoms with Gasteiger partial charge in [0, 0.05) is 23.5 Å². The summed E-state index contributed by atoms with van der Waals surface area (Å²) < 4.78 is 20.0. The lowest BCUT2D eigenvalue weighted by atomic mass is 10.0. The minimum Gasteiger partial charge on any atom is -0.482 e. The van der Waals surface area contributed by atoms with Crippen molar-refractivity contribution in [3.63, 3.8) is 0 Å². The van der Waals surface area contributed by atoms with Gasteiger partial charge in [-0.05, 0) is 55.3 Å². The number of benzene rings is 3. The molecule has 0 saturated heterocycles. The molecule has 0 fully saturated rings. The van der Waals surface area contributed by atoms with Gasteiger partial charge in [-0.1, -0.05) is 70.0 Å². The molecule has 0 aromatic heterocycles. The summed E-state index contributed by atoms with van der Waals surface area (Å²) in [6, 6.07) is 19.5. The van der Waals surface area contributed by atoms with Gasteiger partial charge < -0.3 is 15.0 Å². The number of nitrogens with one attached hydrogen (secondary N) is 1. The van der Waals surface area contributed by atoms with Crippen LogP contribution >= 0.6 is 27.5 Å². The molecule has 3 rings (SSSR count). The first-order valence-electron chi connectivity index (χ1n) is 11.2. The van der Waals surface area contributed by atoms with Crippen LogP contribution in [-0.4, -0.2) is 35.4 Å². The minimum atomic E-state index is -0.804. The Labute approximate surface area is 218 Å². The van der Waals surface area contributed by atoms with Crippen LogP contribution in [0.15, 0.2) is 77.3 Å². The zero-order valence-electron chi connectivity index (χ0n) is 19.5. The minimum absolute atomic E-state index is 0.110. The maximum absolute atomic E-state index is 13.5. The Balaban J connectivity index is 1.91. The number of carbonyl (C=O) groups is 2. The van der Waals surface area contributed by atoms with E-state index in [9.17, 15) is 14.0 Å². The molecule has 5 nitrogen and oxygen atoms in total. The molecular formula is C27H27BrClFN2O3. The van der Waals surface area contributed by atoms with Crippen LogP contribution in [0.5, 0.6) is 5.75 Å². The van der Waals surface area contributed by atoms with Crippen molar-refractivity contribution in [2.75, 3.05) is 6.61 Å². The Hall–Kier alpha value is -2.90. The van der Waals surface area contributed by atoms with Gasteiger partial charge in [-0.3, -0.25) is 9.59 Å². The average Bonchev–Trinajstić information content (AvgIpc) is 2.82. The second kappa shape index (κ2) is 12.7. The smallest absolute Gasteiger partial charge is 0.261 e. The van der Waals surface area contributed by atoms with Gasteiger partial charge in [0.2, 0.25) is 5.91 Å². The van der Waals surface area contributed by atoms with E-state index in [4.69, 9.17) is 16.3 Å². The van der Waals surface area contributed by atoms with E-state index >= 15 is 0 Å². The van der Waals surface area contributed by atoms with Crippen molar-refractivity contribution in [3.05, 3.63) is 99.2 Å². The highest BCUT2D eigenvalue weighted by atomic mass is 79.9. The highest BCUT2D eigenvalue weighted by molar-refractivity contribution is 9.10. The van der Waals surface area contributed by atoms with Gasteiger partial charge in [-0.15, -0.1) is 0 Å². The predicted octanol–water partition coefficient (Wildman–Crippen LogP) is 5.79. The van der Waals surface area contributed by atoms with Crippen molar-refractivity contribution >= 4 is 39.3 Å². The Morgan fingerprint density at radius 3 is 2.34 bits per heavy atom. The molecule has 3 aromatic carbocycles. The zero-order valence-corrected chi connectivity index (χ0v) is 21.9. The van der Waals surface area contributed by atoms with Crippen LogP contribution < -0.4 is 10.1 Å². The van der Waals surface area contributed by atoms with Crippen molar-refractivity contribution < 1.29 is 18.7 Å². The fourth-order valence-electron chi connectivity index (χ4n) is 3.54. The fourth-order valence-corrected chi connectivity index (χ4v) is 4.26. The standard InChI is InChI=1S/C27H27BrClFN2O3/c1-18(2)31-27(34)24(14-19-6-4-3-5-7-19)32(16-20-8-11-22(30)12-9-20)26(33)17-35-25-13-10-21(28)15-23(25)29/h3-13,15,18,24H,14,16-17H2,1-2H3,(H,31,34). The topological polar surface area (TPSA) is 58.6 Å². The van der Waals surface area contributed by atoms with Crippen molar-refractivity contribution in [3.8, 4) is 5.75 Å². The highest BCUT2D eigenvalue weighted by Crippen LogP contribution is 2.28. The normalized spacial score (nSPS) is 11.7. The Kier molecular flexibility index (Phi) is 9.69. The molecule has 0 aliphatic carbocycles. The number of carbonyl (C=O) groups excluding carboxylic acids is 2. The second-order valence-electron chi connectivity index (χ2n) is 8.38. The van der Waals surface area contributed by atoms with Crippen LogP contribution in [0.25, 0.3) is 0 Å². The van der Waals surface area contributed by atoms with Gasteiger partial charge in [0.1, 0.15) is 17.6 Å². The lowest BCUT2D eigenvalue weighted by Gasteiger charge is -2.32. The maximum Gasteiger partial charge on any atom is 0.261 e. The second-order valence-corrected chi connectivity index (χ2v) is 9.70. The highest BCUT2D eigenvalue weighted by Gasteiger charge is 2.31. The molecule has 1 atom stereocenters. The molecule has 0 saturated carbocycles. The van der Waals surface area contributed by atoms with Gasteiger partial charge in [0.05, 0.1) is 5.02 Å². The van der Waals surface area contributed by atoms with Gasteiger partial charge >= 0.3 is 0 Å². The van der Waals surface area contributed by atoms with Crippen molar-refractivity contribution in [1.82, 2.24) is 10.2 Å².